The number of aryl methyl sites for hydroxylation is 1. The van der Waals surface area contributed by atoms with Gasteiger partial charge in [0.1, 0.15) is 9.88 Å². The fourth-order valence-corrected chi connectivity index (χ4v) is 4.13. The van der Waals surface area contributed by atoms with E-state index >= 15 is 0 Å². The zero-order valence-electron chi connectivity index (χ0n) is 11.3. The Morgan fingerprint density at radius 3 is 2.90 bits per heavy atom. The van der Waals surface area contributed by atoms with Gasteiger partial charge in [0.15, 0.2) is 0 Å². The maximum atomic E-state index is 11.7. The first kappa shape index (κ1) is 16.0. The minimum absolute atomic E-state index is 0.0683. The van der Waals surface area contributed by atoms with Crippen LogP contribution >= 0.6 is 34.4 Å². The second kappa shape index (κ2) is 7.58. The molecular formula is C13H14N2O3S3. The molecule has 1 amide bonds. The molecule has 0 radical (unpaired) electrons. The average molecular weight is 342 g/mol. The molecule has 0 aromatic carbocycles. The number of carboxylic acid groups (broad SMARTS) is 1. The zero-order chi connectivity index (χ0) is 15.2. The summed E-state index contributed by atoms with van der Waals surface area (Å²) in [5.41, 5.74) is 0.490. The van der Waals surface area contributed by atoms with E-state index in [-0.39, 0.29) is 17.3 Å². The lowest BCUT2D eigenvalue weighted by Gasteiger charge is -2.02. The van der Waals surface area contributed by atoms with Gasteiger partial charge in [0, 0.05) is 10.6 Å². The van der Waals surface area contributed by atoms with Crippen molar-refractivity contribution in [2.45, 2.75) is 19.2 Å². The minimum atomic E-state index is -0.978. The molecule has 0 saturated heterocycles. The summed E-state index contributed by atoms with van der Waals surface area (Å²) < 4.78 is 0. The number of carbonyl (C=O) groups is 2. The minimum Gasteiger partial charge on any atom is -0.477 e. The number of aromatic carboxylic acids is 1. The van der Waals surface area contributed by atoms with E-state index in [4.69, 9.17) is 5.11 Å². The lowest BCUT2D eigenvalue weighted by Crippen LogP contribution is -2.24. The second-order valence-corrected chi connectivity index (χ2v) is 7.28. The number of thiazole rings is 1. The molecule has 0 saturated carbocycles. The van der Waals surface area contributed by atoms with Gasteiger partial charge in [0.05, 0.1) is 18.0 Å². The highest BCUT2D eigenvalue weighted by atomic mass is 32.2. The maximum Gasteiger partial charge on any atom is 0.347 e. The van der Waals surface area contributed by atoms with Crippen molar-refractivity contribution in [1.29, 1.82) is 0 Å². The van der Waals surface area contributed by atoms with Crippen LogP contribution in [-0.4, -0.2) is 27.7 Å². The lowest BCUT2D eigenvalue weighted by atomic mass is 10.4. The summed E-state index contributed by atoms with van der Waals surface area (Å²) in [6.45, 7) is 1.93. The van der Waals surface area contributed by atoms with E-state index in [1.807, 2.05) is 17.5 Å². The van der Waals surface area contributed by atoms with E-state index in [1.165, 1.54) is 4.88 Å². The Labute approximate surface area is 134 Å². The molecule has 2 aromatic rings. The van der Waals surface area contributed by atoms with Gasteiger partial charge in [-0.15, -0.1) is 34.4 Å². The van der Waals surface area contributed by atoms with Crippen LogP contribution in [0.25, 0.3) is 0 Å². The smallest absolute Gasteiger partial charge is 0.347 e. The average Bonchev–Trinajstić information content (AvgIpc) is 3.06. The van der Waals surface area contributed by atoms with Gasteiger partial charge in [-0.1, -0.05) is 6.07 Å². The molecule has 0 aliphatic heterocycles. The third-order valence-corrected chi connectivity index (χ3v) is 5.72. The number of hydrogen-bond acceptors (Lipinski definition) is 6. The van der Waals surface area contributed by atoms with E-state index in [2.05, 4.69) is 10.3 Å². The number of amides is 1. The highest BCUT2D eigenvalue weighted by Crippen LogP contribution is 2.18. The molecule has 2 N–H and O–H groups in total. The van der Waals surface area contributed by atoms with Gasteiger partial charge in [-0.2, -0.15) is 0 Å². The van der Waals surface area contributed by atoms with E-state index in [1.54, 1.807) is 30.0 Å². The summed E-state index contributed by atoms with van der Waals surface area (Å²) >= 11 is 4.33. The van der Waals surface area contributed by atoms with Crippen LogP contribution in [0.5, 0.6) is 0 Å². The van der Waals surface area contributed by atoms with Crippen molar-refractivity contribution < 1.29 is 14.7 Å². The predicted molar refractivity (Wildman–Crippen MR) is 86.1 cm³/mol. The van der Waals surface area contributed by atoms with Crippen LogP contribution in [0.15, 0.2) is 17.5 Å². The van der Waals surface area contributed by atoms with Crippen LogP contribution in [0, 0.1) is 6.92 Å². The van der Waals surface area contributed by atoms with Gasteiger partial charge in [-0.05, 0) is 18.4 Å². The molecule has 0 bridgehead atoms. The van der Waals surface area contributed by atoms with Crippen LogP contribution in [0.2, 0.25) is 0 Å². The van der Waals surface area contributed by atoms with Crippen molar-refractivity contribution in [3.05, 3.63) is 38.0 Å². The number of carboxylic acids is 1. The van der Waals surface area contributed by atoms with Gasteiger partial charge in [0.25, 0.3) is 0 Å². The third-order valence-electron chi connectivity index (χ3n) is 2.53. The van der Waals surface area contributed by atoms with Gasteiger partial charge >= 0.3 is 5.97 Å². The molecule has 0 atom stereocenters. The molecule has 0 fully saturated rings. The molecule has 2 aromatic heterocycles. The fourth-order valence-electron chi connectivity index (χ4n) is 1.59. The number of thioether (sulfide) groups is 1. The van der Waals surface area contributed by atoms with Crippen molar-refractivity contribution >= 4 is 46.3 Å². The zero-order valence-corrected chi connectivity index (χ0v) is 13.7. The van der Waals surface area contributed by atoms with E-state index in [0.717, 1.165) is 17.1 Å². The number of carbonyl (C=O) groups excluding carboxylic acids is 1. The van der Waals surface area contributed by atoms with E-state index in [9.17, 15) is 9.59 Å². The molecule has 2 rings (SSSR count). The van der Waals surface area contributed by atoms with Crippen molar-refractivity contribution in [3.63, 3.8) is 0 Å². The Kier molecular flexibility index (Phi) is 5.77. The second-order valence-electron chi connectivity index (χ2n) is 4.18. The topological polar surface area (TPSA) is 79.3 Å². The first-order valence-electron chi connectivity index (χ1n) is 6.12. The Balaban J connectivity index is 1.73. The van der Waals surface area contributed by atoms with Crippen LogP contribution in [0.1, 0.15) is 25.3 Å². The third kappa shape index (κ3) is 4.83. The highest BCUT2D eigenvalue weighted by Gasteiger charge is 2.14. The number of thiophene rings is 1. The van der Waals surface area contributed by atoms with Crippen molar-refractivity contribution in [2.75, 3.05) is 5.75 Å². The van der Waals surface area contributed by atoms with Crippen LogP contribution < -0.4 is 5.32 Å². The molecule has 8 heteroatoms. The Morgan fingerprint density at radius 2 is 2.29 bits per heavy atom. The van der Waals surface area contributed by atoms with Gasteiger partial charge in [-0.25, -0.2) is 9.78 Å². The first-order valence-corrected chi connectivity index (χ1v) is 8.97. The molecule has 0 spiro atoms. The van der Waals surface area contributed by atoms with Gasteiger partial charge < -0.3 is 10.4 Å². The Bertz CT molecular complexity index is 623. The molecule has 0 unspecified atom stereocenters. The maximum absolute atomic E-state index is 11.7. The fraction of sp³-hybridized carbons (Fsp3) is 0.308. The molecule has 0 aliphatic carbocycles. The standard InChI is InChI=1S/C13H14N2O3S3/c1-8-12(13(17)18)21-11(15-8)5-14-10(16)7-19-6-9-3-2-4-20-9/h2-4H,5-7H2,1H3,(H,14,16)(H,17,18). The first-order chi connectivity index (χ1) is 10.1. The van der Waals surface area contributed by atoms with Crippen molar-refractivity contribution in [3.8, 4) is 0 Å². The normalized spacial score (nSPS) is 10.5. The van der Waals surface area contributed by atoms with Crippen molar-refractivity contribution in [1.82, 2.24) is 10.3 Å². The number of nitrogens with zero attached hydrogens (tertiary/aromatic N) is 1. The largest absolute Gasteiger partial charge is 0.477 e. The Hall–Kier alpha value is -1.38. The quantitative estimate of drug-likeness (QED) is 0.809. The Morgan fingerprint density at radius 1 is 1.48 bits per heavy atom. The monoisotopic (exact) mass is 342 g/mol. The summed E-state index contributed by atoms with van der Waals surface area (Å²) in [5, 5.41) is 14.3. The summed E-state index contributed by atoms with van der Waals surface area (Å²) in [6, 6.07) is 4.03. The molecule has 0 aliphatic rings. The summed E-state index contributed by atoms with van der Waals surface area (Å²) in [4.78, 5) is 28.2. The molecule has 112 valence electrons. The summed E-state index contributed by atoms with van der Waals surface area (Å²) in [5.74, 6) is 0.161. The van der Waals surface area contributed by atoms with Crippen LogP contribution in [-0.2, 0) is 17.1 Å². The van der Waals surface area contributed by atoms with Gasteiger partial charge in [0.2, 0.25) is 5.91 Å². The van der Waals surface area contributed by atoms with Gasteiger partial charge in [-0.3, -0.25) is 4.79 Å². The van der Waals surface area contributed by atoms with Crippen molar-refractivity contribution in [2.24, 2.45) is 0 Å². The van der Waals surface area contributed by atoms with Crippen LogP contribution in [0.3, 0.4) is 0 Å². The molecular weight excluding hydrogens is 328 g/mol. The summed E-state index contributed by atoms with van der Waals surface area (Å²) in [6.07, 6.45) is 0. The van der Waals surface area contributed by atoms with E-state index in [0.29, 0.717) is 16.5 Å². The number of rotatable bonds is 7. The molecule has 5 nitrogen and oxygen atoms in total. The summed E-state index contributed by atoms with van der Waals surface area (Å²) in [7, 11) is 0. The molecule has 21 heavy (non-hydrogen) atoms. The number of aromatic nitrogens is 1. The van der Waals surface area contributed by atoms with Crippen LogP contribution in [0.4, 0.5) is 0 Å². The molecule has 2 heterocycles. The highest BCUT2D eigenvalue weighted by molar-refractivity contribution is 7.99. The number of hydrogen-bond donors (Lipinski definition) is 2. The SMILES string of the molecule is Cc1nc(CNC(=O)CSCc2cccs2)sc1C(=O)O. The van der Waals surface area contributed by atoms with E-state index < -0.39 is 5.97 Å². The predicted octanol–water partition coefficient (Wildman–Crippen LogP) is 2.76. The lowest BCUT2D eigenvalue weighted by molar-refractivity contribution is -0.118. The number of nitrogens with one attached hydrogen (secondary N) is 1.